The van der Waals surface area contributed by atoms with Crippen LogP contribution in [0.1, 0.15) is 38.7 Å². The minimum Gasteiger partial charge on any atom is -0.388 e. The molecule has 112 valence electrons. The summed E-state index contributed by atoms with van der Waals surface area (Å²) < 4.78 is 25.7. The molecule has 0 bridgehead atoms. The summed E-state index contributed by atoms with van der Waals surface area (Å²) in [6.07, 6.45) is 1.63. The first-order valence-electron chi connectivity index (χ1n) is 6.83. The van der Waals surface area contributed by atoms with E-state index in [4.69, 9.17) is 0 Å². The Morgan fingerprint density at radius 2 is 1.90 bits per heavy atom. The standard InChI is InChI=1S/C15H21F2NO2/c1-3-15(20,4-2)10-18-14(19)8-6-11-5-7-12(16)13(17)9-11/h5,7,9,20H,3-4,6,8,10H2,1-2H3,(H,18,19). The molecule has 0 atom stereocenters. The van der Waals surface area contributed by atoms with Crippen LogP contribution >= 0.6 is 0 Å². The number of hydrogen-bond donors (Lipinski definition) is 2. The lowest BCUT2D eigenvalue weighted by Gasteiger charge is -2.25. The van der Waals surface area contributed by atoms with E-state index in [0.29, 0.717) is 24.8 Å². The quantitative estimate of drug-likeness (QED) is 0.809. The van der Waals surface area contributed by atoms with Crippen molar-refractivity contribution in [2.24, 2.45) is 0 Å². The second-order valence-corrected chi connectivity index (χ2v) is 4.96. The van der Waals surface area contributed by atoms with E-state index in [0.717, 1.165) is 12.1 Å². The number of nitrogens with one attached hydrogen (secondary N) is 1. The molecule has 0 aliphatic carbocycles. The van der Waals surface area contributed by atoms with Crippen LogP contribution in [0, 0.1) is 11.6 Å². The zero-order valence-electron chi connectivity index (χ0n) is 11.9. The van der Waals surface area contributed by atoms with Crippen molar-refractivity contribution < 1.29 is 18.7 Å². The third-order valence-corrected chi connectivity index (χ3v) is 3.56. The second kappa shape index (κ2) is 7.33. The van der Waals surface area contributed by atoms with Crippen LogP contribution in [0.15, 0.2) is 18.2 Å². The molecule has 1 rings (SSSR count). The fourth-order valence-corrected chi connectivity index (χ4v) is 1.80. The topological polar surface area (TPSA) is 49.3 Å². The molecule has 0 saturated heterocycles. The van der Waals surface area contributed by atoms with Gasteiger partial charge in [0.05, 0.1) is 5.60 Å². The van der Waals surface area contributed by atoms with E-state index < -0.39 is 17.2 Å². The molecule has 1 amide bonds. The fourth-order valence-electron chi connectivity index (χ4n) is 1.80. The van der Waals surface area contributed by atoms with Crippen molar-refractivity contribution in [3.8, 4) is 0 Å². The van der Waals surface area contributed by atoms with E-state index in [-0.39, 0.29) is 18.9 Å². The lowest BCUT2D eigenvalue weighted by molar-refractivity contribution is -0.122. The van der Waals surface area contributed by atoms with E-state index >= 15 is 0 Å². The summed E-state index contributed by atoms with van der Waals surface area (Å²) in [5, 5.41) is 12.7. The summed E-state index contributed by atoms with van der Waals surface area (Å²) in [5.74, 6) is -2.02. The molecular formula is C15H21F2NO2. The molecule has 0 aromatic heterocycles. The molecule has 5 heteroatoms. The molecule has 1 aromatic rings. The van der Waals surface area contributed by atoms with E-state index in [1.54, 1.807) is 0 Å². The average molecular weight is 285 g/mol. The monoisotopic (exact) mass is 285 g/mol. The maximum absolute atomic E-state index is 13.0. The van der Waals surface area contributed by atoms with Crippen molar-refractivity contribution in [1.82, 2.24) is 5.32 Å². The SMILES string of the molecule is CCC(O)(CC)CNC(=O)CCc1ccc(F)c(F)c1. The summed E-state index contributed by atoms with van der Waals surface area (Å²) in [5.41, 5.74) is -0.308. The molecule has 0 fully saturated rings. The molecule has 0 aliphatic heterocycles. The molecule has 1 aromatic carbocycles. The molecule has 0 spiro atoms. The average Bonchev–Trinajstić information content (AvgIpc) is 2.46. The Hall–Kier alpha value is -1.49. The first-order valence-corrected chi connectivity index (χ1v) is 6.83. The van der Waals surface area contributed by atoms with Gasteiger partial charge in [-0.3, -0.25) is 4.79 Å². The van der Waals surface area contributed by atoms with Gasteiger partial charge in [0.2, 0.25) is 5.91 Å². The predicted octanol–water partition coefficient (Wildman–Crippen LogP) is 2.56. The molecule has 0 aliphatic rings. The third kappa shape index (κ3) is 4.89. The lowest BCUT2D eigenvalue weighted by Crippen LogP contribution is -2.42. The van der Waals surface area contributed by atoms with Gasteiger partial charge in [0.25, 0.3) is 0 Å². The van der Waals surface area contributed by atoms with Crippen LogP contribution in [-0.2, 0) is 11.2 Å². The highest BCUT2D eigenvalue weighted by molar-refractivity contribution is 5.76. The zero-order valence-corrected chi connectivity index (χ0v) is 11.9. The van der Waals surface area contributed by atoms with Crippen LogP contribution in [-0.4, -0.2) is 23.2 Å². The fraction of sp³-hybridized carbons (Fsp3) is 0.533. The van der Waals surface area contributed by atoms with Gasteiger partial charge in [-0.15, -0.1) is 0 Å². The minimum atomic E-state index is -0.908. The number of aliphatic hydroxyl groups is 1. The van der Waals surface area contributed by atoms with Gasteiger partial charge >= 0.3 is 0 Å². The van der Waals surface area contributed by atoms with Gasteiger partial charge in [0.1, 0.15) is 0 Å². The van der Waals surface area contributed by atoms with E-state index in [1.165, 1.54) is 6.07 Å². The zero-order chi connectivity index (χ0) is 15.2. The molecule has 0 saturated carbocycles. The summed E-state index contributed by atoms with van der Waals surface area (Å²) in [7, 11) is 0. The molecule has 0 unspecified atom stereocenters. The highest BCUT2D eigenvalue weighted by atomic mass is 19.2. The highest BCUT2D eigenvalue weighted by Gasteiger charge is 2.22. The van der Waals surface area contributed by atoms with Gasteiger partial charge in [0.15, 0.2) is 11.6 Å². The Morgan fingerprint density at radius 3 is 2.45 bits per heavy atom. The molecule has 0 radical (unpaired) electrons. The first kappa shape index (κ1) is 16.6. The molecular weight excluding hydrogens is 264 g/mol. The van der Waals surface area contributed by atoms with E-state index in [1.807, 2.05) is 13.8 Å². The molecule has 0 heterocycles. The largest absolute Gasteiger partial charge is 0.388 e. The Labute approximate surface area is 118 Å². The third-order valence-electron chi connectivity index (χ3n) is 3.56. The molecule has 20 heavy (non-hydrogen) atoms. The predicted molar refractivity (Wildman–Crippen MR) is 73.2 cm³/mol. The summed E-state index contributed by atoms with van der Waals surface area (Å²) in [6.45, 7) is 3.92. The van der Waals surface area contributed by atoms with Gasteiger partial charge in [-0.1, -0.05) is 19.9 Å². The normalized spacial score (nSPS) is 11.4. The highest BCUT2D eigenvalue weighted by Crippen LogP contribution is 2.13. The summed E-state index contributed by atoms with van der Waals surface area (Å²) >= 11 is 0. The minimum absolute atomic E-state index is 0.175. The van der Waals surface area contributed by atoms with Crippen molar-refractivity contribution in [3.63, 3.8) is 0 Å². The van der Waals surface area contributed by atoms with Gasteiger partial charge < -0.3 is 10.4 Å². The maximum atomic E-state index is 13.0. The summed E-state index contributed by atoms with van der Waals surface area (Å²) in [6, 6.07) is 3.60. The van der Waals surface area contributed by atoms with Gasteiger partial charge in [-0.2, -0.15) is 0 Å². The number of hydrogen-bond acceptors (Lipinski definition) is 2. The van der Waals surface area contributed by atoms with Gasteiger partial charge in [-0.25, -0.2) is 8.78 Å². The van der Waals surface area contributed by atoms with Crippen molar-refractivity contribution in [2.75, 3.05) is 6.54 Å². The van der Waals surface area contributed by atoms with Gasteiger partial charge in [0, 0.05) is 13.0 Å². The van der Waals surface area contributed by atoms with Crippen LogP contribution in [0.2, 0.25) is 0 Å². The number of aryl methyl sites for hydroxylation is 1. The van der Waals surface area contributed by atoms with E-state index in [9.17, 15) is 18.7 Å². The number of amides is 1. The number of rotatable bonds is 7. The Kier molecular flexibility index (Phi) is 6.07. The van der Waals surface area contributed by atoms with Crippen molar-refractivity contribution in [2.45, 2.75) is 45.1 Å². The Morgan fingerprint density at radius 1 is 1.25 bits per heavy atom. The number of carbonyl (C=O) groups is 1. The second-order valence-electron chi connectivity index (χ2n) is 4.96. The number of halogens is 2. The van der Waals surface area contributed by atoms with Crippen LogP contribution in [0.25, 0.3) is 0 Å². The Bertz CT molecular complexity index is 459. The van der Waals surface area contributed by atoms with Crippen LogP contribution in [0.5, 0.6) is 0 Å². The smallest absolute Gasteiger partial charge is 0.220 e. The van der Waals surface area contributed by atoms with Crippen LogP contribution in [0.3, 0.4) is 0 Å². The summed E-state index contributed by atoms with van der Waals surface area (Å²) in [4.78, 5) is 11.7. The number of carbonyl (C=O) groups excluding carboxylic acids is 1. The lowest BCUT2D eigenvalue weighted by atomic mass is 9.97. The van der Waals surface area contributed by atoms with Crippen molar-refractivity contribution in [3.05, 3.63) is 35.4 Å². The first-order chi connectivity index (χ1) is 9.40. The van der Waals surface area contributed by atoms with E-state index in [2.05, 4.69) is 5.32 Å². The Balaban J connectivity index is 2.42. The van der Waals surface area contributed by atoms with Crippen LogP contribution in [0.4, 0.5) is 8.78 Å². The van der Waals surface area contributed by atoms with Crippen LogP contribution < -0.4 is 5.32 Å². The number of benzene rings is 1. The maximum Gasteiger partial charge on any atom is 0.220 e. The van der Waals surface area contributed by atoms with Gasteiger partial charge in [-0.05, 0) is 37.0 Å². The van der Waals surface area contributed by atoms with Crippen molar-refractivity contribution >= 4 is 5.91 Å². The molecule has 3 nitrogen and oxygen atoms in total. The molecule has 2 N–H and O–H groups in total. The van der Waals surface area contributed by atoms with Crippen molar-refractivity contribution in [1.29, 1.82) is 0 Å².